The number of nitro benzene ring substituents is 4. The smallest absolute Gasteiger partial charge is 0.416 e. The standard InChI is InChI=1S/C23H14F6N4O10/c1-9-4-18(42-20-14(30(34)35)5-12(22(24,25)26)6-15(20)31(36)37)10(2)11(3)19(9)43-21-16(32(38)39)7-13(23(27,28)29)8-17(21)33(40)41/h4-8H,1-3H3. The Kier molecular flexibility index (Phi) is 8.19. The summed E-state index contributed by atoms with van der Waals surface area (Å²) in [5.41, 5.74) is -9.27. The Bertz CT molecular complexity index is 1640. The number of nitro groups is 4. The van der Waals surface area contributed by atoms with Crippen molar-refractivity contribution in [2.45, 2.75) is 33.1 Å². The summed E-state index contributed by atoms with van der Waals surface area (Å²) in [6.45, 7) is 3.68. The summed E-state index contributed by atoms with van der Waals surface area (Å²) in [5, 5.41) is 46.2. The third kappa shape index (κ3) is 6.36. The van der Waals surface area contributed by atoms with E-state index in [-0.39, 0.29) is 46.7 Å². The zero-order chi connectivity index (χ0) is 32.8. The summed E-state index contributed by atoms with van der Waals surface area (Å²) in [4.78, 5) is 40.8. The molecular formula is C23H14F6N4O10. The molecule has 0 spiro atoms. The molecule has 3 rings (SSSR count). The van der Waals surface area contributed by atoms with Crippen LogP contribution in [-0.2, 0) is 12.4 Å². The predicted molar refractivity (Wildman–Crippen MR) is 130 cm³/mol. The predicted octanol–water partition coefficient (Wildman–Crippen LogP) is 7.87. The van der Waals surface area contributed by atoms with E-state index < -0.39 is 83.2 Å². The normalized spacial score (nSPS) is 11.7. The van der Waals surface area contributed by atoms with E-state index in [1.165, 1.54) is 20.8 Å². The summed E-state index contributed by atoms with van der Waals surface area (Å²) in [5.74, 6) is -3.11. The van der Waals surface area contributed by atoms with Crippen LogP contribution >= 0.6 is 0 Å². The van der Waals surface area contributed by atoms with Gasteiger partial charge in [-0.3, -0.25) is 40.5 Å². The van der Waals surface area contributed by atoms with Crippen LogP contribution in [0.25, 0.3) is 0 Å². The van der Waals surface area contributed by atoms with E-state index in [1.807, 2.05) is 0 Å². The van der Waals surface area contributed by atoms with Crippen molar-refractivity contribution in [2.24, 2.45) is 0 Å². The van der Waals surface area contributed by atoms with Crippen molar-refractivity contribution >= 4 is 22.7 Å². The Balaban J connectivity index is 2.22. The second kappa shape index (κ2) is 11.0. The highest BCUT2D eigenvalue weighted by molar-refractivity contribution is 5.67. The molecule has 0 saturated carbocycles. The van der Waals surface area contributed by atoms with Crippen molar-refractivity contribution in [1.29, 1.82) is 0 Å². The summed E-state index contributed by atoms with van der Waals surface area (Å²) >= 11 is 0. The number of aryl methyl sites for hydroxylation is 1. The van der Waals surface area contributed by atoms with E-state index in [4.69, 9.17) is 9.47 Å². The zero-order valence-corrected chi connectivity index (χ0v) is 21.5. The van der Waals surface area contributed by atoms with Crippen molar-refractivity contribution in [2.75, 3.05) is 0 Å². The lowest BCUT2D eigenvalue weighted by atomic mass is 10.0. The van der Waals surface area contributed by atoms with E-state index in [2.05, 4.69) is 0 Å². The highest BCUT2D eigenvalue weighted by atomic mass is 19.4. The summed E-state index contributed by atoms with van der Waals surface area (Å²) in [6, 6.07) is 1.10. The van der Waals surface area contributed by atoms with Crippen molar-refractivity contribution in [1.82, 2.24) is 0 Å². The van der Waals surface area contributed by atoms with Crippen LogP contribution in [0.1, 0.15) is 27.8 Å². The van der Waals surface area contributed by atoms with Gasteiger partial charge >= 0.3 is 35.1 Å². The average Bonchev–Trinajstić information content (AvgIpc) is 2.87. The third-order valence-electron chi connectivity index (χ3n) is 5.94. The number of nitrogens with zero attached hydrogens (tertiary/aromatic N) is 4. The fourth-order valence-electron chi connectivity index (χ4n) is 3.77. The van der Waals surface area contributed by atoms with Crippen molar-refractivity contribution in [3.05, 3.63) is 98.6 Å². The molecule has 0 aromatic heterocycles. The monoisotopic (exact) mass is 620 g/mol. The van der Waals surface area contributed by atoms with Gasteiger partial charge in [-0.15, -0.1) is 0 Å². The minimum atomic E-state index is -5.20. The van der Waals surface area contributed by atoms with Crippen molar-refractivity contribution in [3.63, 3.8) is 0 Å². The van der Waals surface area contributed by atoms with E-state index >= 15 is 0 Å². The van der Waals surface area contributed by atoms with E-state index in [0.717, 1.165) is 6.07 Å². The molecular weight excluding hydrogens is 606 g/mol. The largest absolute Gasteiger partial charge is 0.444 e. The summed E-state index contributed by atoms with van der Waals surface area (Å²) < 4.78 is 90.1. The lowest BCUT2D eigenvalue weighted by molar-refractivity contribution is -0.396. The third-order valence-corrected chi connectivity index (χ3v) is 5.94. The maximum absolute atomic E-state index is 13.2. The molecule has 0 unspecified atom stereocenters. The van der Waals surface area contributed by atoms with Crippen LogP contribution in [0.2, 0.25) is 0 Å². The van der Waals surface area contributed by atoms with E-state index in [0.29, 0.717) is 0 Å². The van der Waals surface area contributed by atoms with Gasteiger partial charge < -0.3 is 9.47 Å². The number of benzene rings is 3. The molecule has 0 atom stereocenters. The van der Waals surface area contributed by atoms with Gasteiger partial charge in [-0.2, -0.15) is 26.3 Å². The molecule has 0 saturated heterocycles. The molecule has 3 aromatic rings. The molecule has 0 radical (unpaired) electrons. The van der Waals surface area contributed by atoms with Crippen LogP contribution in [0.15, 0.2) is 30.3 Å². The maximum atomic E-state index is 13.2. The molecule has 0 N–H and O–H groups in total. The first-order valence-corrected chi connectivity index (χ1v) is 11.2. The number of hydrogen-bond donors (Lipinski definition) is 0. The van der Waals surface area contributed by atoms with E-state index in [1.54, 1.807) is 0 Å². The quantitative estimate of drug-likeness (QED) is 0.136. The number of alkyl halides is 6. The first-order chi connectivity index (χ1) is 19.6. The van der Waals surface area contributed by atoms with Crippen molar-refractivity contribution < 1.29 is 55.5 Å². The molecule has 20 heteroatoms. The molecule has 0 aliphatic rings. The zero-order valence-electron chi connectivity index (χ0n) is 21.5. The van der Waals surface area contributed by atoms with Gasteiger partial charge in [0.2, 0.25) is 0 Å². The van der Waals surface area contributed by atoms with Gasteiger partial charge in [0.25, 0.3) is 11.5 Å². The van der Waals surface area contributed by atoms with Gasteiger partial charge in [0.1, 0.15) is 11.5 Å². The summed E-state index contributed by atoms with van der Waals surface area (Å²) in [7, 11) is 0. The van der Waals surface area contributed by atoms with E-state index in [9.17, 15) is 66.8 Å². The first-order valence-electron chi connectivity index (χ1n) is 11.2. The molecule has 0 aliphatic heterocycles. The van der Waals surface area contributed by atoms with Crippen LogP contribution in [0.3, 0.4) is 0 Å². The fourth-order valence-corrected chi connectivity index (χ4v) is 3.77. The number of ether oxygens (including phenoxy) is 2. The molecule has 228 valence electrons. The van der Waals surface area contributed by atoms with Gasteiger partial charge in [0.05, 0.1) is 30.8 Å². The topological polar surface area (TPSA) is 191 Å². The number of hydrogen-bond acceptors (Lipinski definition) is 10. The van der Waals surface area contributed by atoms with Crippen LogP contribution in [-0.4, -0.2) is 19.7 Å². The molecule has 43 heavy (non-hydrogen) atoms. The number of halogens is 6. The van der Waals surface area contributed by atoms with Gasteiger partial charge in [0, 0.05) is 24.3 Å². The van der Waals surface area contributed by atoms with Gasteiger partial charge in [-0.05, 0) is 43.5 Å². The molecule has 0 fully saturated rings. The minimum absolute atomic E-state index is 0.0255. The molecule has 0 heterocycles. The van der Waals surface area contributed by atoms with Crippen molar-refractivity contribution in [3.8, 4) is 23.0 Å². The Labute approximate surface area is 233 Å². The minimum Gasteiger partial charge on any atom is -0.444 e. The van der Waals surface area contributed by atoms with Crippen LogP contribution in [0.4, 0.5) is 49.1 Å². The average molecular weight is 620 g/mol. The molecule has 3 aromatic carbocycles. The Morgan fingerprint density at radius 2 is 0.860 bits per heavy atom. The van der Waals surface area contributed by atoms with Gasteiger partial charge in [0.15, 0.2) is 0 Å². The van der Waals surface area contributed by atoms with Crippen LogP contribution in [0.5, 0.6) is 23.0 Å². The van der Waals surface area contributed by atoms with Crippen LogP contribution < -0.4 is 9.47 Å². The molecule has 0 aliphatic carbocycles. The Morgan fingerprint density at radius 3 is 1.16 bits per heavy atom. The lowest BCUT2D eigenvalue weighted by Crippen LogP contribution is -2.09. The molecule has 0 amide bonds. The fraction of sp³-hybridized carbons (Fsp3) is 0.217. The Hall–Kier alpha value is -5.56. The maximum Gasteiger partial charge on any atom is 0.416 e. The molecule has 0 bridgehead atoms. The second-order valence-corrected chi connectivity index (χ2v) is 8.69. The lowest BCUT2D eigenvalue weighted by Gasteiger charge is -2.18. The SMILES string of the molecule is Cc1cc(Oc2c([N+](=O)[O-])cc(C(F)(F)F)cc2[N+](=O)[O-])c(C)c(C)c1Oc1c([N+](=O)[O-])cc(C(F)(F)F)cc1[N+](=O)[O-]. The van der Waals surface area contributed by atoms with Crippen LogP contribution in [0, 0.1) is 61.2 Å². The molecule has 14 nitrogen and oxygen atoms in total. The first kappa shape index (κ1) is 32.0. The number of rotatable bonds is 8. The highest BCUT2D eigenvalue weighted by Crippen LogP contribution is 2.49. The summed E-state index contributed by atoms with van der Waals surface area (Å²) in [6.07, 6.45) is -10.4. The van der Waals surface area contributed by atoms with Gasteiger partial charge in [-0.1, -0.05) is 0 Å². The second-order valence-electron chi connectivity index (χ2n) is 8.69. The van der Waals surface area contributed by atoms with Gasteiger partial charge in [-0.25, -0.2) is 0 Å². The Morgan fingerprint density at radius 1 is 0.535 bits per heavy atom. The highest BCUT2D eigenvalue weighted by Gasteiger charge is 2.40.